The van der Waals surface area contributed by atoms with Crippen LogP contribution >= 0.6 is 0 Å². The lowest BCUT2D eigenvalue weighted by Gasteiger charge is -2.16. The van der Waals surface area contributed by atoms with E-state index in [0.29, 0.717) is 11.1 Å². The maximum Gasteiger partial charge on any atom is 0.243 e. The van der Waals surface area contributed by atoms with Crippen LogP contribution in [0.4, 0.5) is 0 Å². The number of hydrogen-bond acceptors (Lipinski definition) is 5. The van der Waals surface area contributed by atoms with Gasteiger partial charge in [-0.15, -0.1) is 6.58 Å². The van der Waals surface area contributed by atoms with Gasteiger partial charge in [0.25, 0.3) is 0 Å². The van der Waals surface area contributed by atoms with E-state index in [9.17, 15) is 23.6 Å². The minimum absolute atomic E-state index is 0.0271. The van der Waals surface area contributed by atoms with Gasteiger partial charge in [0, 0.05) is 25.2 Å². The molecule has 2 N–H and O–H groups in total. The standard InChI is InChI=1S/C21H21N3O4S/c1-4-18(25)17-8-7-16-20(29(27,28)23-17)12-24(3)21(16)19(26)10-14-6-5-13(2)15(9-14)11-22/h4-9,12,17-18,23,25H,1,10H2,2-3H3/t17-,18?/m1/s1. The molecule has 1 unspecified atom stereocenters. The van der Waals surface area contributed by atoms with Crippen LogP contribution in [0.5, 0.6) is 0 Å². The minimum Gasteiger partial charge on any atom is -0.387 e. The van der Waals surface area contributed by atoms with E-state index >= 15 is 0 Å². The van der Waals surface area contributed by atoms with Gasteiger partial charge in [-0.25, -0.2) is 13.1 Å². The molecule has 0 saturated carbocycles. The van der Waals surface area contributed by atoms with Crippen molar-refractivity contribution in [1.29, 1.82) is 5.26 Å². The number of nitrogens with zero attached hydrogens (tertiary/aromatic N) is 2. The van der Waals surface area contributed by atoms with Crippen molar-refractivity contribution in [3.05, 3.63) is 71.1 Å². The van der Waals surface area contributed by atoms with Gasteiger partial charge in [-0.2, -0.15) is 5.26 Å². The van der Waals surface area contributed by atoms with Gasteiger partial charge in [-0.1, -0.05) is 30.4 Å². The van der Waals surface area contributed by atoms with Gasteiger partial charge in [0.1, 0.15) is 4.90 Å². The molecule has 1 aliphatic heterocycles. The number of nitrogens with one attached hydrogen (secondary N) is 1. The highest BCUT2D eigenvalue weighted by atomic mass is 32.2. The average molecular weight is 411 g/mol. The third kappa shape index (κ3) is 3.93. The van der Waals surface area contributed by atoms with Crippen molar-refractivity contribution in [3.8, 4) is 6.07 Å². The van der Waals surface area contributed by atoms with Gasteiger partial charge in [0.15, 0.2) is 5.78 Å². The molecule has 29 heavy (non-hydrogen) atoms. The number of sulfonamides is 1. The van der Waals surface area contributed by atoms with E-state index in [4.69, 9.17) is 0 Å². The number of benzene rings is 1. The Balaban J connectivity index is 2.03. The molecule has 0 saturated heterocycles. The van der Waals surface area contributed by atoms with Crippen LogP contribution in [-0.2, 0) is 23.5 Å². The van der Waals surface area contributed by atoms with Crippen molar-refractivity contribution in [2.75, 3.05) is 0 Å². The Hall–Kier alpha value is -2.99. The van der Waals surface area contributed by atoms with Crippen LogP contribution in [0.1, 0.15) is 32.7 Å². The zero-order valence-electron chi connectivity index (χ0n) is 16.1. The zero-order chi connectivity index (χ0) is 21.3. The van der Waals surface area contributed by atoms with E-state index < -0.39 is 22.2 Å². The number of rotatable bonds is 5. The number of aromatic nitrogens is 1. The molecular weight excluding hydrogens is 390 g/mol. The predicted octanol–water partition coefficient (Wildman–Crippen LogP) is 1.85. The molecular formula is C21H21N3O4S. The first kappa shape index (κ1) is 20.7. The highest BCUT2D eigenvalue weighted by Crippen LogP contribution is 2.28. The monoisotopic (exact) mass is 411 g/mol. The second kappa shape index (κ2) is 7.79. The van der Waals surface area contributed by atoms with E-state index in [0.717, 1.165) is 5.56 Å². The molecule has 0 radical (unpaired) electrons. The molecule has 150 valence electrons. The number of aliphatic hydroxyl groups is 1. The van der Waals surface area contributed by atoms with Gasteiger partial charge in [0.2, 0.25) is 10.0 Å². The number of aliphatic hydroxyl groups excluding tert-OH is 1. The summed E-state index contributed by atoms with van der Waals surface area (Å²) in [6, 6.07) is 6.44. The van der Waals surface area contributed by atoms with Crippen LogP contribution in [0.25, 0.3) is 6.08 Å². The Kier molecular flexibility index (Phi) is 5.57. The third-order valence-electron chi connectivity index (χ3n) is 4.90. The summed E-state index contributed by atoms with van der Waals surface area (Å²) in [5, 5.41) is 19.2. The lowest BCUT2D eigenvalue weighted by Crippen LogP contribution is -2.40. The SMILES string of the molecule is C=CC(O)[C@H]1C=Cc2c(cn(C)c2C(=O)Cc2ccc(C)c(C#N)c2)S(=O)(=O)N1. The van der Waals surface area contributed by atoms with E-state index in [1.807, 2.05) is 6.92 Å². The molecule has 7 nitrogen and oxygen atoms in total. The Labute approximate surface area is 169 Å². The molecule has 0 fully saturated rings. The number of ketones is 1. The normalized spacial score (nSPS) is 18.3. The topological polar surface area (TPSA) is 112 Å². The minimum atomic E-state index is -3.94. The summed E-state index contributed by atoms with van der Waals surface area (Å²) < 4.78 is 29.4. The first-order valence-corrected chi connectivity index (χ1v) is 10.4. The Morgan fingerprint density at radius 3 is 2.86 bits per heavy atom. The number of fused-ring (bicyclic) bond motifs is 1. The quantitative estimate of drug-likeness (QED) is 0.576. The van der Waals surface area contributed by atoms with Crippen molar-refractivity contribution < 1.29 is 18.3 Å². The Morgan fingerprint density at radius 1 is 1.48 bits per heavy atom. The summed E-state index contributed by atoms with van der Waals surface area (Å²) in [7, 11) is -2.34. The van der Waals surface area contributed by atoms with Gasteiger partial charge < -0.3 is 9.67 Å². The highest BCUT2D eigenvalue weighted by molar-refractivity contribution is 7.89. The van der Waals surface area contributed by atoms with Crippen molar-refractivity contribution in [1.82, 2.24) is 9.29 Å². The molecule has 0 bridgehead atoms. The zero-order valence-corrected chi connectivity index (χ0v) is 16.9. The second-order valence-electron chi connectivity index (χ2n) is 6.96. The molecule has 0 amide bonds. The summed E-state index contributed by atoms with van der Waals surface area (Å²) in [4.78, 5) is 13.0. The molecule has 1 aromatic carbocycles. The van der Waals surface area contributed by atoms with E-state index in [1.165, 1.54) is 29.0 Å². The van der Waals surface area contributed by atoms with Crippen molar-refractivity contribution in [2.24, 2.45) is 7.05 Å². The molecule has 2 atom stereocenters. The lowest BCUT2D eigenvalue weighted by molar-refractivity contribution is 0.0985. The van der Waals surface area contributed by atoms with E-state index in [2.05, 4.69) is 17.4 Å². The van der Waals surface area contributed by atoms with Crippen LogP contribution in [-0.4, -0.2) is 36.0 Å². The van der Waals surface area contributed by atoms with Crippen molar-refractivity contribution in [2.45, 2.75) is 30.4 Å². The van der Waals surface area contributed by atoms with Crippen LogP contribution in [0, 0.1) is 18.3 Å². The Bertz CT molecular complexity index is 1170. The van der Waals surface area contributed by atoms with Crippen LogP contribution in [0.2, 0.25) is 0 Å². The molecule has 2 heterocycles. The lowest BCUT2D eigenvalue weighted by atomic mass is 10.00. The first-order valence-electron chi connectivity index (χ1n) is 8.91. The van der Waals surface area contributed by atoms with Gasteiger partial charge >= 0.3 is 0 Å². The predicted molar refractivity (Wildman–Crippen MR) is 109 cm³/mol. The molecule has 8 heteroatoms. The maximum absolute atomic E-state index is 13.0. The van der Waals surface area contributed by atoms with Crippen molar-refractivity contribution >= 4 is 21.9 Å². The number of nitriles is 1. The third-order valence-corrected chi connectivity index (χ3v) is 6.38. The summed E-state index contributed by atoms with van der Waals surface area (Å²) in [6.07, 6.45) is 4.59. The van der Waals surface area contributed by atoms with E-state index in [-0.39, 0.29) is 28.4 Å². The summed E-state index contributed by atoms with van der Waals surface area (Å²) in [5.74, 6) is -0.274. The first-order chi connectivity index (χ1) is 13.7. The molecule has 0 spiro atoms. The van der Waals surface area contributed by atoms with E-state index in [1.54, 1.807) is 25.2 Å². The highest BCUT2D eigenvalue weighted by Gasteiger charge is 2.31. The van der Waals surface area contributed by atoms with Crippen LogP contribution < -0.4 is 4.72 Å². The fraction of sp³-hybridized carbons (Fsp3) is 0.238. The van der Waals surface area contributed by atoms with Gasteiger partial charge in [0.05, 0.1) is 29.5 Å². The van der Waals surface area contributed by atoms with Gasteiger partial charge in [-0.05, 0) is 24.1 Å². The van der Waals surface area contributed by atoms with Crippen LogP contribution in [0.15, 0.2) is 48.0 Å². The second-order valence-corrected chi connectivity index (χ2v) is 8.64. The smallest absolute Gasteiger partial charge is 0.243 e. The molecule has 1 aromatic heterocycles. The Morgan fingerprint density at radius 2 is 2.21 bits per heavy atom. The van der Waals surface area contributed by atoms with Crippen LogP contribution in [0.3, 0.4) is 0 Å². The van der Waals surface area contributed by atoms with Gasteiger partial charge in [-0.3, -0.25) is 4.79 Å². The number of aryl methyl sites for hydroxylation is 2. The molecule has 0 aliphatic carbocycles. The number of hydrogen-bond donors (Lipinski definition) is 2. The fourth-order valence-electron chi connectivity index (χ4n) is 3.32. The average Bonchev–Trinajstić information content (AvgIpc) is 2.96. The number of Topliss-reactive ketones (excluding diaryl/α,β-unsaturated/α-hetero) is 1. The summed E-state index contributed by atoms with van der Waals surface area (Å²) in [5.41, 5.74) is 2.51. The number of carbonyl (C=O) groups excluding carboxylic acids is 1. The summed E-state index contributed by atoms with van der Waals surface area (Å²) in [6.45, 7) is 5.30. The molecule has 1 aliphatic rings. The largest absolute Gasteiger partial charge is 0.387 e. The maximum atomic E-state index is 13.0. The molecule has 2 aromatic rings. The summed E-state index contributed by atoms with van der Waals surface area (Å²) >= 11 is 0. The molecule has 3 rings (SSSR count). The fourth-order valence-corrected chi connectivity index (χ4v) is 4.77. The van der Waals surface area contributed by atoms with Crippen molar-refractivity contribution in [3.63, 3.8) is 0 Å². The number of carbonyl (C=O) groups is 1.